The number of urea groups is 1. The van der Waals surface area contributed by atoms with Gasteiger partial charge in [0.25, 0.3) is 5.56 Å². The number of hydrogen-bond acceptors (Lipinski definition) is 5. The van der Waals surface area contributed by atoms with Gasteiger partial charge >= 0.3 is 6.03 Å². The Morgan fingerprint density at radius 1 is 0.786 bits per heavy atom. The van der Waals surface area contributed by atoms with Crippen molar-refractivity contribution in [2.75, 3.05) is 19.6 Å². The first-order chi connectivity index (χ1) is 20.4. The van der Waals surface area contributed by atoms with Crippen LogP contribution in [0, 0.1) is 11.3 Å². The van der Waals surface area contributed by atoms with Gasteiger partial charge in [0.1, 0.15) is 5.41 Å². The van der Waals surface area contributed by atoms with Crippen molar-refractivity contribution in [1.29, 1.82) is 0 Å². The average Bonchev–Trinajstić information content (AvgIpc) is 2.99. The van der Waals surface area contributed by atoms with Crippen molar-refractivity contribution in [3.8, 4) is 0 Å². The Balaban J connectivity index is 1.28. The van der Waals surface area contributed by atoms with Crippen LogP contribution < -0.4 is 10.9 Å². The van der Waals surface area contributed by atoms with Crippen LogP contribution in [0.25, 0.3) is 10.8 Å². The molecule has 0 unspecified atom stereocenters. The molecule has 2 fully saturated rings. The zero-order chi connectivity index (χ0) is 28.8. The maximum Gasteiger partial charge on any atom is 0.331 e. The maximum atomic E-state index is 14.5. The lowest BCUT2D eigenvalue weighted by Crippen LogP contribution is -2.67. The fraction of sp³-hybridized carbons (Fsp3) is 0.294. The molecule has 42 heavy (non-hydrogen) atoms. The molecule has 1 aromatic heterocycles. The quantitative estimate of drug-likeness (QED) is 0.361. The van der Waals surface area contributed by atoms with Crippen LogP contribution in [-0.2, 0) is 29.1 Å². The van der Waals surface area contributed by atoms with Crippen molar-refractivity contribution < 1.29 is 14.4 Å². The number of nitrogens with zero attached hydrogens (tertiary/aromatic N) is 3. The molecule has 0 aliphatic carbocycles. The second-order valence-corrected chi connectivity index (χ2v) is 11.9. The summed E-state index contributed by atoms with van der Waals surface area (Å²) in [5, 5.41) is 4.57. The van der Waals surface area contributed by atoms with Gasteiger partial charge < -0.3 is 9.47 Å². The number of imide groups is 2. The first-order valence-corrected chi connectivity index (χ1v) is 14.5. The van der Waals surface area contributed by atoms with Crippen molar-refractivity contribution in [1.82, 2.24) is 19.7 Å². The number of nitrogens with one attached hydrogen (secondary N) is 1. The van der Waals surface area contributed by atoms with Gasteiger partial charge in [0.15, 0.2) is 0 Å². The molecule has 0 saturated carbocycles. The molecule has 3 aliphatic rings. The van der Waals surface area contributed by atoms with E-state index in [0.717, 1.165) is 34.0 Å². The number of carbonyl (C=O) groups is 3. The highest BCUT2D eigenvalue weighted by Gasteiger charge is 2.55. The highest BCUT2D eigenvalue weighted by Crippen LogP contribution is 2.39. The Kier molecular flexibility index (Phi) is 6.50. The number of hydrogen-bond donors (Lipinski definition) is 1. The number of benzene rings is 3. The number of piperidine rings is 1. The molecule has 4 heterocycles. The Hall–Kier alpha value is -4.56. The highest BCUT2D eigenvalue weighted by atomic mass is 16.2. The van der Waals surface area contributed by atoms with Gasteiger partial charge in [0.05, 0.1) is 6.54 Å². The van der Waals surface area contributed by atoms with Crippen LogP contribution in [0.3, 0.4) is 0 Å². The predicted molar refractivity (Wildman–Crippen MR) is 159 cm³/mol. The summed E-state index contributed by atoms with van der Waals surface area (Å²) in [5.74, 6) is -0.665. The largest absolute Gasteiger partial charge is 0.331 e. The van der Waals surface area contributed by atoms with Gasteiger partial charge in [0.2, 0.25) is 11.8 Å². The van der Waals surface area contributed by atoms with Crippen molar-refractivity contribution in [3.63, 3.8) is 0 Å². The van der Waals surface area contributed by atoms with Gasteiger partial charge in [-0.25, -0.2) is 4.79 Å². The summed E-state index contributed by atoms with van der Waals surface area (Å²) < 4.78 is 1.88. The first-order valence-electron chi connectivity index (χ1n) is 14.5. The second kappa shape index (κ2) is 10.4. The van der Waals surface area contributed by atoms with Gasteiger partial charge in [0, 0.05) is 43.9 Å². The molecule has 1 N–H and O–H groups in total. The molecule has 212 valence electrons. The van der Waals surface area contributed by atoms with E-state index in [1.54, 1.807) is 12.1 Å². The normalized spacial score (nSPS) is 24.0. The van der Waals surface area contributed by atoms with Gasteiger partial charge in [-0.1, -0.05) is 78.9 Å². The predicted octanol–water partition coefficient (Wildman–Crippen LogP) is 3.93. The van der Waals surface area contributed by atoms with Gasteiger partial charge in [-0.2, -0.15) is 0 Å². The summed E-state index contributed by atoms with van der Waals surface area (Å²) in [7, 11) is 0. The van der Waals surface area contributed by atoms with Crippen molar-refractivity contribution in [2.45, 2.75) is 31.8 Å². The lowest BCUT2D eigenvalue weighted by atomic mass is 9.75. The third-order valence-electron chi connectivity index (χ3n) is 9.16. The Bertz CT molecular complexity index is 1760. The third-order valence-corrected chi connectivity index (χ3v) is 9.16. The van der Waals surface area contributed by atoms with Crippen LogP contribution in [0.1, 0.15) is 29.2 Å². The SMILES string of the molecule is O=C1NC(=O)[C@](Cc2cccc3ccccc23)(CN2C[C@@H]3C[C@@H](C2)c2cccc(=O)n2C3)C(=O)N1Cc1ccccc1. The second-order valence-electron chi connectivity index (χ2n) is 11.9. The maximum absolute atomic E-state index is 14.5. The van der Waals surface area contributed by atoms with Crippen LogP contribution in [0.4, 0.5) is 4.79 Å². The fourth-order valence-electron chi connectivity index (χ4n) is 7.27. The molecule has 2 saturated heterocycles. The monoisotopic (exact) mass is 560 g/mol. The molecule has 3 aromatic carbocycles. The molecule has 4 aromatic rings. The number of aromatic nitrogens is 1. The van der Waals surface area contributed by atoms with E-state index in [4.69, 9.17) is 0 Å². The average molecular weight is 561 g/mol. The number of amides is 4. The first kappa shape index (κ1) is 26.3. The van der Waals surface area contributed by atoms with E-state index in [1.807, 2.05) is 83.4 Å². The van der Waals surface area contributed by atoms with Crippen molar-refractivity contribution in [3.05, 3.63) is 118 Å². The van der Waals surface area contributed by atoms with Crippen molar-refractivity contribution >= 4 is 28.6 Å². The van der Waals surface area contributed by atoms with E-state index in [9.17, 15) is 19.2 Å². The number of carbonyl (C=O) groups excluding carboxylic acids is 3. The molecule has 0 radical (unpaired) electrons. The minimum absolute atomic E-state index is 0.0139. The molecular weight excluding hydrogens is 528 g/mol. The Morgan fingerprint density at radius 2 is 1.55 bits per heavy atom. The fourth-order valence-corrected chi connectivity index (χ4v) is 7.27. The summed E-state index contributed by atoms with van der Waals surface area (Å²) in [6.07, 6.45) is 1.13. The van der Waals surface area contributed by atoms with E-state index in [-0.39, 0.29) is 36.9 Å². The minimum atomic E-state index is -1.51. The molecule has 8 heteroatoms. The number of pyridine rings is 1. The number of barbiturate groups is 1. The highest BCUT2D eigenvalue weighted by molar-refractivity contribution is 6.19. The molecule has 3 aliphatic heterocycles. The van der Waals surface area contributed by atoms with E-state index in [0.29, 0.717) is 19.6 Å². The zero-order valence-corrected chi connectivity index (χ0v) is 23.2. The van der Waals surface area contributed by atoms with E-state index in [2.05, 4.69) is 10.2 Å². The Morgan fingerprint density at radius 3 is 2.40 bits per heavy atom. The minimum Gasteiger partial charge on any atom is -0.312 e. The van der Waals surface area contributed by atoms with Crippen LogP contribution in [-0.4, -0.2) is 51.8 Å². The standard InChI is InChI=1S/C34H32N4O4/c39-30-15-7-14-29-27-16-24(20-37(29)30)18-36(21-27)22-34(17-26-12-6-11-25-10-4-5-13-28(25)26)31(40)35-33(42)38(32(34)41)19-23-8-2-1-3-9-23/h1-15,24,27H,16-22H2,(H,35,40,42)/t24-,27-,34-/m0/s1. The number of fused-ring (bicyclic) bond motifs is 5. The summed E-state index contributed by atoms with van der Waals surface area (Å²) in [5.41, 5.74) is 1.21. The van der Waals surface area contributed by atoms with Gasteiger partial charge in [-0.15, -0.1) is 0 Å². The molecule has 3 atom stereocenters. The lowest BCUT2D eigenvalue weighted by Gasteiger charge is -2.47. The zero-order valence-electron chi connectivity index (χ0n) is 23.2. The van der Waals surface area contributed by atoms with Crippen LogP contribution in [0.15, 0.2) is 95.8 Å². The summed E-state index contributed by atoms with van der Waals surface area (Å²) in [4.78, 5) is 57.6. The molecule has 4 amide bonds. The molecule has 7 rings (SSSR count). The molecule has 2 bridgehead atoms. The topological polar surface area (TPSA) is 91.7 Å². The smallest absolute Gasteiger partial charge is 0.312 e. The third kappa shape index (κ3) is 4.52. The number of likely N-dealkylation sites (tertiary alicyclic amines) is 1. The van der Waals surface area contributed by atoms with Crippen LogP contribution in [0.2, 0.25) is 0 Å². The number of rotatable bonds is 6. The van der Waals surface area contributed by atoms with Crippen LogP contribution >= 0.6 is 0 Å². The summed E-state index contributed by atoms with van der Waals surface area (Å²) in [6.45, 7) is 2.18. The van der Waals surface area contributed by atoms with Crippen LogP contribution in [0.5, 0.6) is 0 Å². The van der Waals surface area contributed by atoms with E-state index < -0.39 is 23.3 Å². The van der Waals surface area contributed by atoms with Crippen molar-refractivity contribution in [2.24, 2.45) is 11.3 Å². The summed E-state index contributed by atoms with van der Waals surface area (Å²) >= 11 is 0. The van der Waals surface area contributed by atoms with E-state index in [1.165, 1.54) is 4.90 Å². The van der Waals surface area contributed by atoms with E-state index >= 15 is 0 Å². The van der Waals surface area contributed by atoms with Gasteiger partial charge in [-0.3, -0.25) is 24.6 Å². The van der Waals surface area contributed by atoms with Gasteiger partial charge in [-0.05, 0) is 46.7 Å². The molecular formula is C34H32N4O4. The Labute approximate surface area is 243 Å². The molecule has 8 nitrogen and oxygen atoms in total. The lowest BCUT2D eigenvalue weighted by molar-refractivity contribution is -0.154. The molecule has 0 spiro atoms. The summed E-state index contributed by atoms with van der Waals surface area (Å²) in [6, 6.07) is 28.0.